The van der Waals surface area contributed by atoms with Gasteiger partial charge in [0.05, 0.1) is 0 Å². The second kappa shape index (κ2) is 8.74. The van der Waals surface area contributed by atoms with E-state index in [1.807, 2.05) is 36.4 Å². The summed E-state index contributed by atoms with van der Waals surface area (Å²) in [6, 6.07) is 17.0. The van der Waals surface area contributed by atoms with E-state index in [0.29, 0.717) is 37.7 Å². The summed E-state index contributed by atoms with van der Waals surface area (Å²) < 4.78 is 42.2. The van der Waals surface area contributed by atoms with Crippen LogP contribution in [-0.2, 0) is 14.6 Å². The molecule has 11 heteroatoms. The number of benzene rings is 2. The minimum absolute atomic E-state index is 0.0213. The Bertz CT molecular complexity index is 1240. The molecule has 0 bridgehead atoms. The molecule has 1 amide bonds. The van der Waals surface area contributed by atoms with Gasteiger partial charge in [-0.05, 0) is 24.3 Å². The van der Waals surface area contributed by atoms with Gasteiger partial charge in [0, 0.05) is 31.9 Å². The number of para-hydroxylation sites is 3. The molecule has 1 fully saturated rings. The summed E-state index contributed by atoms with van der Waals surface area (Å²) in [4.78, 5) is 16.4. The minimum atomic E-state index is -4.09. The fraction of sp³-hybridized carbons (Fsp3) is 0.318. The molecule has 1 atom stereocenters. The van der Waals surface area contributed by atoms with E-state index in [0.717, 1.165) is 5.69 Å². The Morgan fingerprint density at radius 1 is 0.939 bits per heavy atom. The van der Waals surface area contributed by atoms with E-state index in [1.54, 1.807) is 23.1 Å². The molecule has 10 nitrogen and oxygen atoms in total. The maximum Gasteiger partial charge on any atom is 0.336 e. The van der Waals surface area contributed by atoms with Crippen molar-refractivity contribution in [3.63, 3.8) is 0 Å². The summed E-state index contributed by atoms with van der Waals surface area (Å²) >= 11 is 0. The van der Waals surface area contributed by atoms with E-state index in [2.05, 4.69) is 15.1 Å². The van der Waals surface area contributed by atoms with Gasteiger partial charge in [-0.15, -0.1) is 5.10 Å². The zero-order chi connectivity index (χ0) is 22.8. The largest absolute Gasteiger partial charge is 0.485 e. The average Bonchev–Trinajstić information content (AvgIpc) is 3.36. The molecule has 3 aromatic rings. The predicted octanol–water partition coefficient (Wildman–Crippen LogP) is 1.70. The van der Waals surface area contributed by atoms with Crippen molar-refractivity contribution in [3.05, 3.63) is 60.5 Å². The minimum Gasteiger partial charge on any atom is -0.485 e. The summed E-state index contributed by atoms with van der Waals surface area (Å²) in [6.45, 7) is 2.22. The van der Waals surface area contributed by atoms with Crippen molar-refractivity contribution in [2.45, 2.75) is 11.3 Å². The molecule has 172 valence electrons. The third-order valence-corrected chi connectivity index (χ3v) is 6.86. The second-order valence-corrected chi connectivity index (χ2v) is 9.60. The zero-order valence-corrected chi connectivity index (χ0v) is 18.5. The standard InChI is InChI=1S/C22H22N4O6S/c27-20(26-12-10-25(11-13-26)16-6-2-1-3-7-16)15-33(28,29)22-24-23-21(32-22)19-14-30-17-8-4-5-9-18(17)31-19/h1-9,19H,10-15H2. The first kappa shape index (κ1) is 21.3. The lowest BCUT2D eigenvalue weighted by Gasteiger charge is -2.36. The summed E-state index contributed by atoms with van der Waals surface area (Å²) in [5.41, 5.74) is 1.08. The molecule has 0 N–H and O–H groups in total. The Morgan fingerprint density at radius 3 is 2.39 bits per heavy atom. The fourth-order valence-electron chi connectivity index (χ4n) is 3.79. The Balaban J connectivity index is 1.20. The van der Waals surface area contributed by atoms with Gasteiger partial charge in [0.25, 0.3) is 5.89 Å². The zero-order valence-electron chi connectivity index (χ0n) is 17.7. The molecule has 0 spiro atoms. The van der Waals surface area contributed by atoms with Crippen LogP contribution < -0.4 is 14.4 Å². The highest BCUT2D eigenvalue weighted by atomic mass is 32.2. The van der Waals surface area contributed by atoms with Crippen molar-refractivity contribution in [2.24, 2.45) is 0 Å². The molecular formula is C22H22N4O6S. The molecule has 0 radical (unpaired) electrons. The number of piperazine rings is 1. The molecule has 33 heavy (non-hydrogen) atoms. The van der Waals surface area contributed by atoms with E-state index >= 15 is 0 Å². The van der Waals surface area contributed by atoms with Gasteiger partial charge >= 0.3 is 5.22 Å². The number of anilines is 1. The van der Waals surface area contributed by atoms with Gasteiger partial charge in [-0.2, -0.15) is 0 Å². The normalized spacial score (nSPS) is 18.2. The van der Waals surface area contributed by atoms with Gasteiger partial charge in [-0.25, -0.2) is 8.42 Å². The molecule has 2 aliphatic heterocycles. The van der Waals surface area contributed by atoms with Crippen LogP contribution in [0.4, 0.5) is 5.69 Å². The topological polar surface area (TPSA) is 115 Å². The van der Waals surface area contributed by atoms with Crippen LogP contribution in [0.25, 0.3) is 0 Å². The lowest BCUT2D eigenvalue weighted by Crippen LogP contribution is -2.50. The molecule has 3 heterocycles. The van der Waals surface area contributed by atoms with Gasteiger partial charge in [-0.3, -0.25) is 4.79 Å². The SMILES string of the molecule is O=C(CS(=O)(=O)c1nnc(C2COc3ccccc3O2)o1)N1CCN(c2ccccc2)CC1. The Hall–Kier alpha value is -3.60. The van der Waals surface area contributed by atoms with Crippen molar-refractivity contribution in [3.8, 4) is 11.5 Å². The highest BCUT2D eigenvalue weighted by molar-refractivity contribution is 7.91. The number of hydrogen-bond acceptors (Lipinski definition) is 9. The van der Waals surface area contributed by atoms with Crippen LogP contribution in [0.3, 0.4) is 0 Å². The third kappa shape index (κ3) is 4.49. The first-order valence-corrected chi connectivity index (χ1v) is 12.2. The quantitative estimate of drug-likeness (QED) is 0.549. The molecule has 0 aliphatic carbocycles. The van der Waals surface area contributed by atoms with E-state index in [9.17, 15) is 13.2 Å². The van der Waals surface area contributed by atoms with E-state index < -0.39 is 32.8 Å². The predicted molar refractivity (Wildman–Crippen MR) is 117 cm³/mol. The van der Waals surface area contributed by atoms with Crippen LogP contribution in [0.1, 0.15) is 12.0 Å². The second-order valence-electron chi connectivity index (χ2n) is 7.73. The van der Waals surface area contributed by atoms with E-state index in [1.165, 1.54) is 0 Å². The van der Waals surface area contributed by atoms with Gasteiger partial charge in [0.1, 0.15) is 12.4 Å². The average molecular weight is 471 g/mol. The van der Waals surface area contributed by atoms with Gasteiger partial charge in [0.2, 0.25) is 21.8 Å². The first-order chi connectivity index (χ1) is 16.0. The van der Waals surface area contributed by atoms with Gasteiger partial charge < -0.3 is 23.7 Å². The molecule has 1 aromatic heterocycles. The van der Waals surface area contributed by atoms with E-state index in [-0.39, 0.29) is 12.5 Å². The number of fused-ring (bicyclic) bond motifs is 1. The number of ether oxygens (including phenoxy) is 2. The molecule has 1 saturated heterocycles. The molecule has 5 rings (SSSR count). The number of hydrogen-bond donors (Lipinski definition) is 0. The third-order valence-electron chi connectivity index (χ3n) is 5.54. The number of carbonyl (C=O) groups excluding carboxylic acids is 1. The molecule has 2 aromatic carbocycles. The smallest absolute Gasteiger partial charge is 0.336 e. The lowest BCUT2D eigenvalue weighted by molar-refractivity contribution is -0.128. The fourth-order valence-corrected chi connectivity index (χ4v) is 4.79. The number of aromatic nitrogens is 2. The van der Waals surface area contributed by atoms with Crippen LogP contribution in [-0.4, -0.2) is 68.0 Å². The van der Waals surface area contributed by atoms with Crippen LogP contribution in [0.2, 0.25) is 0 Å². The van der Waals surface area contributed by atoms with Gasteiger partial charge in [0.15, 0.2) is 11.5 Å². The van der Waals surface area contributed by atoms with Gasteiger partial charge in [-0.1, -0.05) is 35.4 Å². The van der Waals surface area contributed by atoms with Crippen molar-refractivity contribution >= 4 is 21.4 Å². The lowest BCUT2D eigenvalue weighted by atomic mass is 10.2. The monoisotopic (exact) mass is 470 g/mol. The maximum atomic E-state index is 12.7. The van der Waals surface area contributed by atoms with Crippen molar-refractivity contribution in [2.75, 3.05) is 43.4 Å². The van der Waals surface area contributed by atoms with Crippen LogP contribution in [0.5, 0.6) is 11.5 Å². The van der Waals surface area contributed by atoms with Crippen LogP contribution >= 0.6 is 0 Å². The summed E-state index contributed by atoms with van der Waals surface area (Å²) in [5.74, 6) is -0.161. The van der Waals surface area contributed by atoms with Crippen LogP contribution in [0, 0.1) is 0 Å². The van der Waals surface area contributed by atoms with Crippen molar-refractivity contribution < 1.29 is 27.1 Å². The molecule has 0 saturated carbocycles. The Labute approximate surface area is 190 Å². The number of sulfone groups is 1. The molecule has 2 aliphatic rings. The highest BCUT2D eigenvalue weighted by Gasteiger charge is 2.33. The highest BCUT2D eigenvalue weighted by Crippen LogP contribution is 2.35. The van der Waals surface area contributed by atoms with E-state index in [4.69, 9.17) is 13.9 Å². The molecular weight excluding hydrogens is 448 g/mol. The van der Waals surface area contributed by atoms with Crippen molar-refractivity contribution in [1.29, 1.82) is 0 Å². The Kier molecular flexibility index (Phi) is 5.63. The Morgan fingerprint density at radius 2 is 1.64 bits per heavy atom. The number of rotatable bonds is 5. The van der Waals surface area contributed by atoms with Crippen molar-refractivity contribution in [1.82, 2.24) is 15.1 Å². The van der Waals surface area contributed by atoms with Crippen LogP contribution in [0.15, 0.2) is 64.2 Å². The number of nitrogens with zero attached hydrogens (tertiary/aromatic N) is 4. The first-order valence-electron chi connectivity index (χ1n) is 10.5. The summed E-state index contributed by atoms with van der Waals surface area (Å²) in [7, 11) is -4.09. The summed E-state index contributed by atoms with van der Waals surface area (Å²) in [5, 5.41) is 6.86. The number of amides is 1. The summed E-state index contributed by atoms with van der Waals surface area (Å²) in [6.07, 6.45) is -0.738. The molecule has 1 unspecified atom stereocenters. The number of carbonyl (C=O) groups is 1. The maximum absolute atomic E-state index is 12.7.